The van der Waals surface area contributed by atoms with Crippen molar-refractivity contribution in [2.75, 3.05) is 4.90 Å². The van der Waals surface area contributed by atoms with Gasteiger partial charge >= 0.3 is 6.09 Å². The minimum absolute atomic E-state index is 0.0141. The molecule has 1 aromatic heterocycles. The highest BCUT2D eigenvalue weighted by Crippen LogP contribution is 2.60. The van der Waals surface area contributed by atoms with E-state index in [1.54, 1.807) is 62.5 Å². The Bertz CT molecular complexity index is 1340. The van der Waals surface area contributed by atoms with Gasteiger partial charge in [0.15, 0.2) is 0 Å². The molecule has 192 valence electrons. The van der Waals surface area contributed by atoms with E-state index in [-0.39, 0.29) is 17.0 Å². The third-order valence-electron chi connectivity index (χ3n) is 7.29. The topological polar surface area (TPSA) is 110 Å². The lowest BCUT2D eigenvalue weighted by Crippen LogP contribution is -2.62. The second kappa shape index (κ2) is 9.08. The number of amides is 2. The van der Waals surface area contributed by atoms with Crippen molar-refractivity contribution in [1.29, 1.82) is 0 Å². The van der Waals surface area contributed by atoms with E-state index in [0.717, 1.165) is 10.5 Å². The lowest BCUT2D eigenvalue weighted by Gasteiger charge is -2.47. The molecule has 0 unspecified atom stereocenters. The SMILES string of the molecule is CC(C)(C)OC(=O)N1C(=O)[C@]2(c3ccccc31)[C@H](O)C[C@@H](c1ccccc1)[C@@H]([N+](=O)[O-])[C@@H]2c1cccs1. The van der Waals surface area contributed by atoms with Gasteiger partial charge < -0.3 is 9.84 Å². The largest absolute Gasteiger partial charge is 0.443 e. The first-order valence-electron chi connectivity index (χ1n) is 12.1. The number of hydrogen-bond acceptors (Lipinski definition) is 7. The van der Waals surface area contributed by atoms with Crippen LogP contribution in [0.25, 0.3) is 0 Å². The molecule has 2 aliphatic rings. The zero-order valence-electron chi connectivity index (χ0n) is 20.7. The quantitative estimate of drug-likeness (QED) is 0.373. The van der Waals surface area contributed by atoms with Gasteiger partial charge in [0.1, 0.15) is 11.0 Å². The van der Waals surface area contributed by atoms with Gasteiger partial charge in [0.05, 0.1) is 23.6 Å². The monoisotopic (exact) mass is 520 g/mol. The van der Waals surface area contributed by atoms with Crippen LogP contribution in [-0.2, 0) is 14.9 Å². The zero-order valence-corrected chi connectivity index (χ0v) is 21.6. The minimum Gasteiger partial charge on any atom is -0.443 e. The van der Waals surface area contributed by atoms with Crippen LogP contribution in [0.1, 0.15) is 55.0 Å². The van der Waals surface area contributed by atoms with Crippen LogP contribution in [0.15, 0.2) is 72.1 Å². The van der Waals surface area contributed by atoms with Gasteiger partial charge in [-0.05, 0) is 55.8 Å². The van der Waals surface area contributed by atoms with Crippen LogP contribution in [0.3, 0.4) is 0 Å². The first kappa shape index (κ1) is 25.1. The number of anilines is 1. The fourth-order valence-corrected chi connectivity index (χ4v) is 6.92. The third-order valence-corrected chi connectivity index (χ3v) is 8.25. The summed E-state index contributed by atoms with van der Waals surface area (Å²) in [7, 11) is 0. The molecule has 0 radical (unpaired) electrons. The van der Waals surface area contributed by atoms with E-state index in [9.17, 15) is 24.8 Å². The number of nitro groups is 1. The van der Waals surface area contributed by atoms with E-state index in [1.807, 2.05) is 30.3 Å². The van der Waals surface area contributed by atoms with Crippen molar-refractivity contribution >= 4 is 29.0 Å². The molecule has 9 heteroatoms. The second-order valence-electron chi connectivity index (χ2n) is 10.5. The molecule has 1 saturated carbocycles. The number of para-hydroxylation sites is 1. The van der Waals surface area contributed by atoms with Crippen molar-refractivity contribution in [3.63, 3.8) is 0 Å². The summed E-state index contributed by atoms with van der Waals surface area (Å²) in [5.74, 6) is -2.36. The van der Waals surface area contributed by atoms with Crippen LogP contribution < -0.4 is 4.90 Å². The van der Waals surface area contributed by atoms with E-state index in [4.69, 9.17) is 4.74 Å². The Morgan fingerprint density at radius 1 is 1.11 bits per heavy atom. The van der Waals surface area contributed by atoms with Crippen molar-refractivity contribution in [3.8, 4) is 0 Å². The summed E-state index contributed by atoms with van der Waals surface area (Å²) in [6, 6.07) is 18.1. The Kier molecular flexibility index (Phi) is 6.16. The van der Waals surface area contributed by atoms with Gasteiger partial charge in [-0.15, -0.1) is 11.3 Å². The van der Waals surface area contributed by atoms with Crippen molar-refractivity contribution in [2.45, 2.75) is 62.2 Å². The second-order valence-corrected chi connectivity index (χ2v) is 11.5. The molecule has 0 saturated heterocycles. The predicted octanol–water partition coefficient (Wildman–Crippen LogP) is 5.25. The summed E-state index contributed by atoms with van der Waals surface area (Å²) >= 11 is 1.30. The number of fused-ring (bicyclic) bond motifs is 2. The zero-order chi connectivity index (χ0) is 26.5. The van der Waals surface area contributed by atoms with Gasteiger partial charge in [-0.25, -0.2) is 9.69 Å². The van der Waals surface area contributed by atoms with Gasteiger partial charge in [-0.3, -0.25) is 14.9 Å². The molecule has 1 aliphatic heterocycles. The smallest absolute Gasteiger partial charge is 0.421 e. The molecular formula is C28H28N2O6S. The van der Waals surface area contributed by atoms with Crippen LogP contribution in [-0.4, -0.2) is 39.8 Å². The number of ether oxygens (including phenoxy) is 1. The van der Waals surface area contributed by atoms with Gasteiger partial charge in [0.25, 0.3) is 5.91 Å². The summed E-state index contributed by atoms with van der Waals surface area (Å²) in [4.78, 5) is 41.8. The van der Waals surface area contributed by atoms with E-state index in [0.29, 0.717) is 10.4 Å². The Morgan fingerprint density at radius 3 is 2.41 bits per heavy atom. The summed E-state index contributed by atoms with van der Waals surface area (Å²) in [6.45, 7) is 5.10. The summed E-state index contributed by atoms with van der Waals surface area (Å²) in [5, 5.41) is 26.5. The lowest BCUT2D eigenvalue weighted by atomic mass is 9.55. The first-order chi connectivity index (χ1) is 17.6. The number of aliphatic hydroxyl groups excluding tert-OH is 1. The molecule has 2 amide bonds. The molecule has 5 rings (SSSR count). The van der Waals surface area contributed by atoms with E-state index < -0.39 is 47.0 Å². The Morgan fingerprint density at radius 2 is 1.78 bits per heavy atom. The van der Waals surface area contributed by atoms with Crippen LogP contribution in [0.5, 0.6) is 0 Å². The maximum atomic E-state index is 14.4. The van der Waals surface area contributed by atoms with E-state index >= 15 is 0 Å². The molecule has 1 N–H and O–H groups in total. The van der Waals surface area contributed by atoms with Gasteiger partial charge in [0.2, 0.25) is 6.04 Å². The molecule has 1 aliphatic carbocycles. The average Bonchev–Trinajstić information content (AvgIpc) is 3.45. The number of thiophene rings is 1. The number of aliphatic hydroxyl groups is 1. The Balaban J connectivity index is 1.75. The molecule has 1 spiro atoms. The maximum Gasteiger partial charge on any atom is 0.421 e. The summed E-state index contributed by atoms with van der Waals surface area (Å²) in [5.41, 5.74) is -1.20. The molecule has 0 bridgehead atoms. The normalized spacial score (nSPS) is 27.2. The minimum atomic E-state index is -1.73. The number of carbonyl (C=O) groups is 2. The number of imide groups is 1. The van der Waals surface area contributed by atoms with Crippen molar-refractivity contribution in [2.24, 2.45) is 0 Å². The molecule has 2 aromatic carbocycles. The molecule has 37 heavy (non-hydrogen) atoms. The van der Waals surface area contributed by atoms with Crippen LogP contribution in [0.2, 0.25) is 0 Å². The predicted molar refractivity (Wildman–Crippen MR) is 139 cm³/mol. The number of benzene rings is 2. The fraction of sp³-hybridized carbons (Fsp3) is 0.357. The van der Waals surface area contributed by atoms with E-state index in [1.165, 1.54) is 11.3 Å². The molecule has 8 nitrogen and oxygen atoms in total. The first-order valence-corrected chi connectivity index (χ1v) is 13.0. The van der Waals surface area contributed by atoms with E-state index in [2.05, 4.69) is 0 Å². The number of nitrogens with zero attached hydrogens (tertiary/aromatic N) is 2. The van der Waals surface area contributed by atoms with Gasteiger partial charge in [0, 0.05) is 9.80 Å². The standard InChI is InChI=1S/C28H28N2O6S/c1-27(2,3)36-26(33)29-20-13-8-7-12-19(20)28(25(29)32)22(31)16-18(17-10-5-4-6-11-17)24(30(34)35)23(28)21-14-9-15-37-21/h4-15,18,22-24,31H,16H2,1-3H3/t18-,22+,23-,24+,28+/m0/s1. The van der Waals surface area contributed by atoms with Crippen LogP contribution in [0.4, 0.5) is 10.5 Å². The summed E-state index contributed by atoms with van der Waals surface area (Å²) < 4.78 is 5.56. The lowest BCUT2D eigenvalue weighted by molar-refractivity contribution is -0.537. The van der Waals surface area contributed by atoms with Crippen molar-refractivity contribution in [3.05, 3.63) is 98.2 Å². The highest BCUT2D eigenvalue weighted by molar-refractivity contribution is 7.10. The average molecular weight is 521 g/mol. The molecule has 1 fully saturated rings. The van der Waals surface area contributed by atoms with Gasteiger partial charge in [-0.1, -0.05) is 54.6 Å². The summed E-state index contributed by atoms with van der Waals surface area (Å²) in [6.07, 6.45) is -2.18. The molecule has 3 aromatic rings. The molecule has 5 atom stereocenters. The highest BCUT2D eigenvalue weighted by Gasteiger charge is 2.70. The highest BCUT2D eigenvalue weighted by atomic mass is 32.1. The Labute approximate surface area is 218 Å². The van der Waals surface area contributed by atoms with Crippen molar-refractivity contribution in [1.82, 2.24) is 0 Å². The number of carbonyl (C=O) groups excluding carboxylic acids is 2. The van der Waals surface area contributed by atoms with Crippen LogP contribution in [0, 0.1) is 10.1 Å². The number of hydrogen-bond donors (Lipinski definition) is 1. The van der Waals surface area contributed by atoms with Crippen molar-refractivity contribution < 1.29 is 24.4 Å². The number of rotatable bonds is 3. The van der Waals surface area contributed by atoms with Gasteiger partial charge in [-0.2, -0.15) is 0 Å². The Hall–Kier alpha value is -3.56. The fourth-order valence-electron chi connectivity index (χ4n) is 5.98. The maximum absolute atomic E-state index is 14.4. The molecule has 2 heterocycles. The van der Waals surface area contributed by atoms with Crippen LogP contribution >= 0.6 is 11.3 Å². The molecular weight excluding hydrogens is 492 g/mol. The third kappa shape index (κ3) is 3.93.